The van der Waals surface area contributed by atoms with Crippen LogP contribution in [0.3, 0.4) is 0 Å². The fraction of sp³-hybridized carbons (Fsp3) is 0.235. The lowest BCUT2D eigenvalue weighted by Gasteiger charge is -2.09. The predicted octanol–water partition coefficient (Wildman–Crippen LogP) is 3.02. The molecule has 142 valence electrons. The molecule has 0 saturated heterocycles. The molecule has 0 bridgehead atoms. The van der Waals surface area contributed by atoms with Gasteiger partial charge in [0.1, 0.15) is 11.4 Å². The fourth-order valence-electron chi connectivity index (χ4n) is 2.45. The van der Waals surface area contributed by atoms with Crippen LogP contribution in [0.4, 0.5) is 17.3 Å². The van der Waals surface area contributed by atoms with Crippen LogP contribution in [0.15, 0.2) is 45.8 Å². The second kappa shape index (κ2) is 7.62. The van der Waals surface area contributed by atoms with E-state index in [9.17, 15) is 8.42 Å². The van der Waals surface area contributed by atoms with E-state index in [4.69, 9.17) is 9.26 Å². The van der Waals surface area contributed by atoms with Gasteiger partial charge in [0.25, 0.3) is 10.0 Å². The maximum absolute atomic E-state index is 12.5. The van der Waals surface area contributed by atoms with Gasteiger partial charge in [-0.1, -0.05) is 5.16 Å². The SMILES string of the molecule is CCOc1ccc(Nc2ccc(NS(=O)(=O)c3c(C)noc3C)nn2)cc1. The molecule has 0 spiro atoms. The largest absolute Gasteiger partial charge is 0.494 e. The van der Waals surface area contributed by atoms with Crippen molar-refractivity contribution in [1.29, 1.82) is 0 Å². The molecule has 2 N–H and O–H groups in total. The third kappa shape index (κ3) is 4.34. The molecule has 3 rings (SSSR count). The number of ether oxygens (including phenoxy) is 1. The van der Waals surface area contributed by atoms with E-state index < -0.39 is 10.0 Å². The third-order valence-electron chi connectivity index (χ3n) is 3.58. The Hall–Kier alpha value is -3.14. The smallest absolute Gasteiger partial charge is 0.268 e. The lowest BCUT2D eigenvalue weighted by molar-refractivity contribution is 0.340. The zero-order valence-corrected chi connectivity index (χ0v) is 15.9. The van der Waals surface area contributed by atoms with Crippen molar-refractivity contribution in [2.45, 2.75) is 25.7 Å². The molecule has 10 heteroatoms. The highest BCUT2D eigenvalue weighted by molar-refractivity contribution is 7.92. The van der Waals surface area contributed by atoms with Crippen molar-refractivity contribution in [3.63, 3.8) is 0 Å². The molecule has 0 aliphatic heterocycles. The Morgan fingerprint density at radius 1 is 1.04 bits per heavy atom. The number of anilines is 3. The van der Waals surface area contributed by atoms with Gasteiger partial charge >= 0.3 is 0 Å². The summed E-state index contributed by atoms with van der Waals surface area (Å²) in [5, 5.41) is 14.6. The number of nitrogens with one attached hydrogen (secondary N) is 2. The minimum Gasteiger partial charge on any atom is -0.494 e. The second-order valence-electron chi connectivity index (χ2n) is 5.64. The van der Waals surface area contributed by atoms with Crippen LogP contribution in [0.2, 0.25) is 0 Å². The molecule has 0 fully saturated rings. The molecule has 0 unspecified atom stereocenters. The Morgan fingerprint density at radius 2 is 1.70 bits per heavy atom. The Bertz CT molecular complexity index is 995. The molecule has 0 radical (unpaired) electrons. The average molecular weight is 389 g/mol. The van der Waals surface area contributed by atoms with Crippen molar-refractivity contribution >= 4 is 27.3 Å². The van der Waals surface area contributed by atoms with Gasteiger partial charge in [-0.3, -0.25) is 4.72 Å². The first-order valence-electron chi connectivity index (χ1n) is 8.18. The van der Waals surface area contributed by atoms with Gasteiger partial charge in [0.05, 0.1) is 6.61 Å². The van der Waals surface area contributed by atoms with Crippen LogP contribution in [0.25, 0.3) is 0 Å². The van der Waals surface area contributed by atoms with E-state index in [1.165, 1.54) is 13.0 Å². The number of hydrogen-bond donors (Lipinski definition) is 2. The van der Waals surface area contributed by atoms with Gasteiger partial charge in [0, 0.05) is 5.69 Å². The van der Waals surface area contributed by atoms with Crippen molar-refractivity contribution in [3.8, 4) is 5.75 Å². The highest BCUT2D eigenvalue weighted by atomic mass is 32.2. The maximum atomic E-state index is 12.5. The highest BCUT2D eigenvalue weighted by Crippen LogP contribution is 2.22. The summed E-state index contributed by atoms with van der Waals surface area (Å²) in [6.45, 7) is 5.61. The molecule has 0 saturated carbocycles. The number of nitrogens with zero attached hydrogens (tertiary/aromatic N) is 3. The van der Waals surface area contributed by atoms with E-state index in [2.05, 4.69) is 25.4 Å². The van der Waals surface area contributed by atoms with Gasteiger partial charge < -0.3 is 14.6 Å². The van der Waals surface area contributed by atoms with E-state index in [1.54, 1.807) is 13.0 Å². The summed E-state index contributed by atoms with van der Waals surface area (Å²) >= 11 is 0. The van der Waals surface area contributed by atoms with Gasteiger partial charge in [0.15, 0.2) is 22.3 Å². The van der Waals surface area contributed by atoms with Crippen LogP contribution in [-0.4, -0.2) is 30.4 Å². The third-order valence-corrected chi connectivity index (χ3v) is 5.18. The normalized spacial score (nSPS) is 11.2. The van der Waals surface area contributed by atoms with Gasteiger partial charge in [0.2, 0.25) is 0 Å². The van der Waals surface area contributed by atoms with E-state index in [0.29, 0.717) is 12.4 Å². The summed E-state index contributed by atoms with van der Waals surface area (Å²) in [6, 6.07) is 10.5. The quantitative estimate of drug-likeness (QED) is 0.633. The highest BCUT2D eigenvalue weighted by Gasteiger charge is 2.24. The second-order valence-corrected chi connectivity index (χ2v) is 7.26. The standard InChI is InChI=1S/C17H19N5O4S/c1-4-25-14-7-5-13(6-8-14)18-15-9-10-16(20-19-15)22-27(23,24)17-11(2)21-26-12(17)3/h5-10H,4H2,1-3H3,(H,18,19)(H,20,22). The van der Waals surface area contributed by atoms with Crippen LogP contribution >= 0.6 is 0 Å². The van der Waals surface area contributed by atoms with Gasteiger partial charge in [-0.15, -0.1) is 10.2 Å². The first kappa shape index (κ1) is 18.6. The zero-order chi connectivity index (χ0) is 19.4. The first-order chi connectivity index (χ1) is 12.9. The topological polar surface area (TPSA) is 119 Å². The molecule has 27 heavy (non-hydrogen) atoms. The molecule has 0 atom stereocenters. The van der Waals surface area contributed by atoms with Crippen molar-refractivity contribution in [3.05, 3.63) is 47.9 Å². The summed E-state index contributed by atoms with van der Waals surface area (Å²) in [5.74, 6) is 1.55. The molecular formula is C17H19N5O4S. The Labute approximate surface area is 156 Å². The molecule has 2 heterocycles. The maximum Gasteiger partial charge on any atom is 0.268 e. The van der Waals surface area contributed by atoms with Gasteiger partial charge in [-0.25, -0.2) is 8.42 Å². The molecule has 3 aromatic rings. The monoisotopic (exact) mass is 389 g/mol. The Balaban J connectivity index is 1.70. The number of rotatable bonds is 7. The molecule has 0 aliphatic rings. The summed E-state index contributed by atoms with van der Waals surface area (Å²) in [4.78, 5) is 0.000824. The van der Waals surface area contributed by atoms with Crippen LogP contribution in [0, 0.1) is 13.8 Å². The van der Waals surface area contributed by atoms with Crippen molar-refractivity contribution in [2.75, 3.05) is 16.6 Å². The zero-order valence-electron chi connectivity index (χ0n) is 15.1. The summed E-state index contributed by atoms with van der Waals surface area (Å²) in [5.41, 5.74) is 1.08. The lowest BCUT2D eigenvalue weighted by atomic mass is 10.3. The van der Waals surface area contributed by atoms with Crippen molar-refractivity contribution in [1.82, 2.24) is 15.4 Å². The van der Waals surface area contributed by atoms with E-state index in [0.717, 1.165) is 11.4 Å². The minimum atomic E-state index is -3.86. The van der Waals surface area contributed by atoms with E-state index >= 15 is 0 Å². The number of aryl methyl sites for hydroxylation is 2. The number of sulfonamides is 1. The van der Waals surface area contributed by atoms with Crippen LogP contribution in [0.1, 0.15) is 18.4 Å². The average Bonchev–Trinajstić information content (AvgIpc) is 2.98. The summed E-state index contributed by atoms with van der Waals surface area (Å²) in [7, 11) is -3.86. The van der Waals surface area contributed by atoms with Crippen LogP contribution < -0.4 is 14.8 Å². The summed E-state index contributed by atoms with van der Waals surface area (Å²) in [6.07, 6.45) is 0. The fourth-order valence-corrected chi connectivity index (χ4v) is 3.78. The first-order valence-corrected chi connectivity index (χ1v) is 9.66. The molecule has 0 aliphatic carbocycles. The van der Waals surface area contributed by atoms with Crippen molar-refractivity contribution in [2.24, 2.45) is 0 Å². The number of aromatic nitrogens is 3. The van der Waals surface area contributed by atoms with Crippen LogP contribution in [-0.2, 0) is 10.0 Å². The Morgan fingerprint density at radius 3 is 2.26 bits per heavy atom. The number of benzene rings is 1. The lowest BCUT2D eigenvalue weighted by Crippen LogP contribution is -2.15. The molecule has 1 aromatic carbocycles. The Kier molecular flexibility index (Phi) is 5.26. The minimum absolute atomic E-state index is 0.000824. The van der Waals surface area contributed by atoms with Gasteiger partial charge in [-0.2, -0.15) is 0 Å². The number of hydrogen-bond acceptors (Lipinski definition) is 8. The predicted molar refractivity (Wildman–Crippen MR) is 99.7 cm³/mol. The molecule has 2 aromatic heterocycles. The van der Waals surface area contributed by atoms with E-state index in [1.807, 2.05) is 31.2 Å². The summed E-state index contributed by atoms with van der Waals surface area (Å²) < 4.78 is 37.6. The molecule has 9 nitrogen and oxygen atoms in total. The molecular weight excluding hydrogens is 370 g/mol. The van der Waals surface area contributed by atoms with Crippen LogP contribution in [0.5, 0.6) is 5.75 Å². The van der Waals surface area contributed by atoms with Gasteiger partial charge in [-0.05, 0) is 57.2 Å². The molecule has 0 amide bonds. The van der Waals surface area contributed by atoms with E-state index in [-0.39, 0.29) is 22.2 Å². The van der Waals surface area contributed by atoms with Crippen molar-refractivity contribution < 1.29 is 17.7 Å².